The van der Waals surface area contributed by atoms with Crippen LogP contribution in [-0.2, 0) is 13.1 Å². The normalized spacial score (nSPS) is 23.4. The van der Waals surface area contributed by atoms with E-state index in [2.05, 4.69) is 42.0 Å². The molecule has 4 heteroatoms. The van der Waals surface area contributed by atoms with E-state index in [-0.39, 0.29) is 0 Å². The summed E-state index contributed by atoms with van der Waals surface area (Å²) in [6.45, 7) is 4.47. The molecule has 1 unspecified atom stereocenters. The van der Waals surface area contributed by atoms with Gasteiger partial charge in [-0.15, -0.1) is 11.3 Å². The third-order valence-electron chi connectivity index (χ3n) is 4.16. The van der Waals surface area contributed by atoms with Crippen molar-refractivity contribution in [2.24, 2.45) is 0 Å². The van der Waals surface area contributed by atoms with Crippen molar-refractivity contribution in [1.82, 2.24) is 10.2 Å². The molecule has 1 aliphatic heterocycles. The summed E-state index contributed by atoms with van der Waals surface area (Å²) in [4.78, 5) is 5.56. The summed E-state index contributed by atoms with van der Waals surface area (Å²) in [7, 11) is 2.29. The highest BCUT2D eigenvalue weighted by Crippen LogP contribution is 2.27. The van der Waals surface area contributed by atoms with E-state index in [1.165, 1.54) is 46.1 Å². The van der Waals surface area contributed by atoms with Crippen LogP contribution in [0.2, 0.25) is 0 Å². The molecule has 2 aliphatic rings. The number of aryl methyl sites for hydroxylation is 1. The molecule has 1 aromatic rings. The maximum Gasteiger partial charge on any atom is 0.0302 e. The topological polar surface area (TPSA) is 15.3 Å². The van der Waals surface area contributed by atoms with Gasteiger partial charge in [0.2, 0.25) is 0 Å². The third-order valence-corrected chi connectivity index (χ3v) is 6.40. The fourth-order valence-electron chi connectivity index (χ4n) is 2.63. The number of rotatable bonds is 6. The largest absolute Gasteiger partial charge is 0.309 e. The first-order chi connectivity index (χ1) is 9.22. The zero-order valence-corrected chi connectivity index (χ0v) is 13.6. The molecule has 19 heavy (non-hydrogen) atoms. The molecule has 1 saturated heterocycles. The van der Waals surface area contributed by atoms with Crippen molar-refractivity contribution in [2.75, 3.05) is 18.6 Å². The summed E-state index contributed by atoms with van der Waals surface area (Å²) >= 11 is 4.07. The second-order valence-electron chi connectivity index (χ2n) is 5.88. The summed E-state index contributed by atoms with van der Waals surface area (Å²) in [5, 5.41) is 3.62. The number of nitrogens with one attached hydrogen (secondary N) is 1. The molecule has 1 saturated carbocycles. The van der Waals surface area contributed by atoms with Gasteiger partial charge in [0.25, 0.3) is 0 Å². The highest BCUT2D eigenvalue weighted by molar-refractivity contribution is 7.99. The highest BCUT2D eigenvalue weighted by atomic mass is 32.2. The molecular weight excluding hydrogens is 272 g/mol. The van der Waals surface area contributed by atoms with E-state index in [0.29, 0.717) is 0 Å². The van der Waals surface area contributed by atoms with Crippen LogP contribution in [0.1, 0.15) is 34.6 Å². The van der Waals surface area contributed by atoms with Crippen molar-refractivity contribution < 1.29 is 0 Å². The van der Waals surface area contributed by atoms with Crippen LogP contribution in [0.25, 0.3) is 0 Å². The van der Waals surface area contributed by atoms with Crippen LogP contribution >= 0.6 is 23.1 Å². The molecule has 0 spiro atoms. The molecular formula is C15H24N2S2. The Morgan fingerprint density at radius 1 is 1.37 bits per heavy atom. The predicted molar refractivity (Wildman–Crippen MR) is 86.1 cm³/mol. The molecule has 106 valence electrons. The van der Waals surface area contributed by atoms with Gasteiger partial charge < -0.3 is 5.32 Å². The molecule has 0 radical (unpaired) electrons. The number of nitrogens with zero attached hydrogens (tertiary/aromatic N) is 1. The fourth-order valence-corrected chi connectivity index (χ4v) is 4.93. The fraction of sp³-hybridized carbons (Fsp3) is 0.733. The first kappa shape index (κ1) is 13.9. The SMILES string of the molecule is Cc1sc(CNC2CC2)cc1CN(C)C1CCSC1. The van der Waals surface area contributed by atoms with E-state index >= 15 is 0 Å². The zero-order valence-electron chi connectivity index (χ0n) is 11.9. The summed E-state index contributed by atoms with van der Waals surface area (Å²) < 4.78 is 0. The van der Waals surface area contributed by atoms with E-state index < -0.39 is 0 Å². The smallest absolute Gasteiger partial charge is 0.0302 e. The predicted octanol–water partition coefficient (Wildman–Crippen LogP) is 3.25. The Labute approximate surface area is 125 Å². The Bertz CT molecular complexity index is 420. The first-order valence-corrected chi connectivity index (χ1v) is 9.29. The molecule has 1 aromatic heterocycles. The standard InChI is InChI=1S/C15H24N2S2/c1-11-12(9-17(2)14-5-6-18-10-14)7-15(19-11)8-16-13-3-4-13/h7,13-14,16H,3-6,8-10H2,1-2H3. The monoisotopic (exact) mass is 296 g/mol. The quantitative estimate of drug-likeness (QED) is 0.867. The van der Waals surface area contributed by atoms with Crippen molar-refractivity contribution in [1.29, 1.82) is 0 Å². The Kier molecular flexibility index (Phi) is 4.52. The van der Waals surface area contributed by atoms with Crippen LogP contribution in [0.3, 0.4) is 0 Å². The first-order valence-electron chi connectivity index (χ1n) is 7.32. The summed E-state index contributed by atoms with van der Waals surface area (Å²) in [6, 6.07) is 4.02. The lowest BCUT2D eigenvalue weighted by molar-refractivity contribution is 0.254. The average molecular weight is 297 g/mol. The Morgan fingerprint density at radius 2 is 2.21 bits per heavy atom. The second-order valence-corrected chi connectivity index (χ2v) is 8.37. The Hall–Kier alpha value is -0.0300. The van der Waals surface area contributed by atoms with E-state index in [4.69, 9.17) is 0 Å². The lowest BCUT2D eigenvalue weighted by Gasteiger charge is -2.23. The molecule has 1 aliphatic carbocycles. The number of thioether (sulfide) groups is 1. The third kappa shape index (κ3) is 3.75. The van der Waals surface area contributed by atoms with Gasteiger partial charge >= 0.3 is 0 Å². The van der Waals surface area contributed by atoms with Crippen LogP contribution < -0.4 is 5.32 Å². The van der Waals surface area contributed by atoms with Gasteiger partial charge in [-0.2, -0.15) is 11.8 Å². The van der Waals surface area contributed by atoms with Gasteiger partial charge in [0.05, 0.1) is 0 Å². The Morgan fingerprint density at radius 3 is 2.89 bits per heavy atom. The van der Waals surface area contributed by atoms with Crippen molar-refractivity contribution in [3.8, 4) is 0 Å². The molecule has 2 nitrogen and oxygen atoms in total. The van der Waals surface area contributed by atoms with E-state index in [9.17, 15) is 0 Å². The number of hydrogen-bond donors (Lipinski definition) is 1. The van der Waals surface area contributed by atoms with Crippen LogP contribution in [0.15, 0.2) is 6.07 Å². The van der Waals surface area contributed by atoms with E-state index in [1.54, 1.807) is 0 Å². The van der Waals surface area contributed by atoms with Gasteiger partial charge in [0.1, 0.15) is 0 Å². The van der Waals surface area contributed by atoms with Crippen LogP contribution in [0, 0.1) is 6.92 Å². The maximum absolute atomic E-state index is 3.62. The maximum atomic E-state index is 3.62. The lowest BCUT2D eigenvalue weighted by atomic mass is 10.2. The van der Waals surface area contributed by atoms with Crippen LogP contribution in [0.4, 0.5) is 0 Å². The molecule has 0 aromatic carbocycles. The van der Waals surface area contributed by atoms with Gasteiger partial charge in [-0.05, 0) is 50.6 Å². The van der Waals surface area contributed by atoms with Crippen molar-refractivity contribution in [2.45, 2.75) is 51.4 Å². The van der Waals surface area contributed by atoms with E-state index in [0.717, 1.165) is 25.2 Å². The van der Waals surface area contributed by atoms with Gasteiger partial charge in [-0.3, -0.25) is 4.90 Å². The molecule has 0 bridgehead atoms. The lowest BCUT2D eigenvalue weighted by Crippen LogP contribution is -2.30. The van der Waals surface area contributed by atoms with Crippen LogP contribution in [0.5, 0.6) is 0 Å². The number of thiophene rings is 1. The molecule has 3 rings (SSSR count). The molecule has 2 heterocycles. The van der Waals surface area contributed by atoms with E-state index in [1.807, 2.05) is 11.3 Å². The van der Waals surface area contributed by atoms with Crippen LogP contribution in [-0.4, -0.2) is 35.5 Å². The molecule has 1 N–H and O–H groups in total. The van der Waals surface area contributed by atoms with Crippen molar-refractivity contribution >= 4 is 23.1 Å². The summed E-state index contributed by atoms with van der Waals surface area (Å²) in [6.07, 6.45) is 4.11. The minimum absolute atomic E-state index is 0.789. The zero-order chi connectivity index (χ0) is 13.2. The Balaban J connectivity index is 1.56. The van der Waals surface area contributed by atoms with Crippen molar-refractivity contribution in [3.63, 3.8) is 0 Å². The van der Waals surface area contributed by atoms with Gasteiger partial charge in [-0.25, -0.2) is 0 Å². The molecule has 0 amide bonds. The average Bonchev–Trinajstić information content (AvgIpc) is 2.92. The highest BCUT2D eigenvalue weighted by Gasteiger charge is 2.22. The number of hydrogen-bond acceptors (Lipinski definition) is 4. The van der Waals surface area contributed by atoms with Gasteiger partial charge in [-0.1, -0.05) is 0 Å². The minimum atomic E-state index is 0.789. The van der Waals surface area contributed by atoms with Gasteiger partial charge in [0.15, 0.2) is 0 Å². The minimum Gasteiger partial charge on any atom is -0.309 e. The summed E-state index contributed by atoms with van der Waals surface area (Å²) in [5.41, 5.74) is 1.54. The summed E-state index contributed by atoms with van der Waals surface area (Å²) in [5.74, 6) is 2.66. The molecule has 1 atom stereocenters. The molecule has 2 fully saturated rings. The van der Waals surface area contributed by atoms with Crippen molar-refractivity contribution in [3.05, 3.63) is 21.4 Å². The second kappa shape index (κ2) is 6.17. The van der Waals surface area contributed by atoms with Gasteiger partial charge in [0, 0.05) is 40.7 Å².